The van der Waals surface area contributed by atoms with Crippen LogP contribution in [0, 0.1) is 0 Å². The van der Waals surface area contributed by atoms with Crippen LogP contribution in [0.4, 0.5) is 0 Å². The third-order valence-electron chi connectivity index (χ3n) is 14.4. The Hall–Kier alpha value is -2.11. The van der Waals surface area contributed by atoms with Gasteiger partial charge in [0.1, 0.15) is 13.2 Å². The van der Waals surface area contributed by atoms with Crippen LogP contribution < -0.4 is 0 Å². The topological polar surface area (TPSA) is 78.9 Å². The van der Waals surface area contributed by atoms with Gasteiger partial charge < -0.3 is 14.2 Å². The van der Waals surface area contributed by atoms with Gasteiger partial charge in [0.05, 0.1) is 0 Å². The Bertz CT molecular complexity index is 1150. The zero-order valence-corrected chi connectivity index (χ0v) is 48.0. The molecule has 71 heavy (non-hydrogen) atoms. The Morgan fingerprint density at radius 1 is 0.268 bits per heavy atom. The van der Waals surface area contributed by atoms with Crippen molar-refractivity contribution in [2.75, 3.05) is 13.2 Å². The van der Waals surface area contributed by atoms with Gasteiger partial charge in [0.25, 0.3) is 0 Å². The molecule has 0 aliphatic heterocycles. The molecule has 0 bridgehead atoms. The van der Waals surface area contributed by atoms with E-state index in [2.05, 4.69) is 45.1 Å². The summed E-state index contributed by atoms with van der Waals surface area (Å²) in [5, 5.41) is 0. The molecule has 0 spiro atoms. The van der Waals surface area contributed by atoms with Crippen molar-refractivity contribution in [3.8, 4) is 0 Å². The van der Waals surface area contributed by atoms with E-state index in [0.717, 1.165) is 57.8 Å². The molecule has 0 rings (SSSR count). The first-order chi connectivity index (χ1) is 35.0. The van der Waals surface area contributed by atoms with Crippen LogP contribution in [0.3, 0.4) is 0 Å². The van der Waals surface area contributed by atoms with Crippen molar-refractivity contribution in [2.24, 2.45) is 0 Å². The van der Waals surface area contributed by atoms with Gasteiger partial charge in [-0.05, 0) is 70.6 Å². The van der Waals surface area contributed by atoms with Crippen LogP contribution in [-0.2, 0) is 28.6 Å². The molecule has 0 heterocycles. The van der Waals surface area contributed by atoms with Crippen molar-refractivity contribution >= 4 is 17.9 Å². The average Bonchev–Trinajstić information content (AvgIpc) is 3.37. The molecule has 0 saturated carbocycles. The lowest BCUT2D eigenvalue weighted by atomic mass is 10.0. The van der Waals surface area contributed by atoms with Gasteiger partial charge in [-0.1, -0.05) is 289 Å². The summed E-state index contributed by atoms with van der Waals surface area (Å²) in [6, 6.07) is 0. The first-order valence-electron chi connectivity index (χ1n) is 31.8. The van der Waals surface area contributed by atoms with Crippen molar-refractivity contribution in [1.82, 2.24) is 0 Å². The van der Waals surface area contributed by atoms with Crippen molar-refractivity contribution in [3.63, 3.8) is 0 Å². The summed E-state index contributed by atoms with van der Waals surface area (Å²) in [6.07, 6.45) is 71.8. The van der Waals surface area contributed by atoms with Crippen LogP contribution in [-0.4, -0.2) is 37.2 Å². The molecule has 0 aliphatic carbocycles. The average molecular weight is 1000 g/mol. The van der Waals surface area contributed by atoms with Gasteiger partial charge in [-0.15, -0.1) is 0 Å². The minimum Gasteiger partial charge on any atom is -0.462 e. The number of esters is 3. The fraction of sp³-hybridized carbons (Fsp3) is 0.892. The Balaban J connectivity index is 4.31. The number of hydrogen-bond donors (Lipinski definition) is 0. The summed E-state index contributed by atoms with van der Waals surface area (Å²) in [5.74, 6) is -0.847. The second kappa shape index (κ2) is 60.4. The van der Waals surface area contributed by atoms with E-state index in [1.165, 1.54) is 257 Å². The Labute approximate surface area is 443 Å². The number of hydrogen-bond acceptors (Lipinski definition) is 6. The smallest absolute Gasteiger partial charge is 0.306 e. The van der Waals surface area contributed by atoms with E-state index >= 15 is 0 Å². The lowest BCUT2D eigenvalue weighted by Gasteiger charge is -2.18. The van der Waals surface area contributed by atoms with E-state index in [9.17, 15) is 14.4 Å². The lowest BCUT2D eigenvalue weighted by Crippen LogP contribution is -2.30. The van der Waals surface area contributed by atoms with Gasteiger partial charge in [0, 0.05) is 19.3 Å². The number of allylic oxidation sites excluding steroid dienone is 4. The SMILES string of the molecule is CCCCCCCC/C=C\CCCCCCCCCCCCCC(=O)O[C@H](COC(=O)CCCCCCCCC/C=C\CCCCCCCC)COC(=O)CCCCCCCCCCCCCCCCC. The van der Waals surface area contributed by atoms with E-state index in [4.69, 9.17) is 14.2 Å². The van der Waals surface area contributed by atoms with Crippen molar-refractivity contribution < 1.29 is 28.6 Å². The minimum atomic E-state index is -0.770. The van der Waals surface area contributed by atoms with Gasteiger partial charge in [-0.2, -0.15) is 0 Å². The number of carbonyl (C=O) groups is 3. The van der Waals surface area contributed by atoms with E-state index < -0.39 is 6.10 Å². The number of ether oxygens (including phenoxy) is 3. The van der Waals surface area contributed by atoms with Gasteiger partial charge in [-0.3, -0.25) is 14.4 Å². The molecule has 0 unspecified atom stereocenters. The zero-order valence-electron chi connectivity index (χ0n) is 48.0. The fourth-order valence-corrected chi connectivity index (χ4v) is 9.61. The van der Waals surface area contributed by atoms with Crippen LogP contribution in [0.1, 0.15) is 355 Å². The minimum absolute atomic E-state index is 0.0676. The van der Waals surface area contributed by atoms with Gasteiger partial charge in [0.15, 0.2) is 6.10 Å². The van der Waals surface area contributed by atoms with Gasteiger partial charge in [0.2, 0.25) is 0 Å². The van der Waals surface area contributed by atoms with Crippen molar-refractivity contribution in [2.45, 2.75) is 361 Å². The Kier molecular flexibility index (Phi) is 58.6. The molecule has 0 N–H and O–H groups in total. The summed E-state index contributed by atoms with van der Waals surface area (Å²) in [7, 11) is 0. The highest BCUT2D eigenvalue weighted by molar-refractivity contribution is 5.71. The number of unbranched alkanes of at least 4 members (excludes halogenated alkanes) is 44. The van der Waals surface area contributed by atoms with E-state index in [1.807, 2.05) is 0 Å². The molecule has 0 amide bonds. The van der Waals surface area contributed by atoms with Crippen molar-refractivity contribution in [3.05, 3.63) is 24.3 Å². The van der Waals surface area contributed by atoms with Crippen molar-refractivity contribution in [1.29, 1.82) is 0 Å². The highest BCUT2D eigenvalue weighted by atomic mass is 16.6. The second-order valence-corrected chi connectivity index (χ2v) is 21.7. The first-order valence-corrected chi connectivity index (χ1v) is 31.8. The summed E-state index contributed by atoms with van der Waals surface area (Å²) >= 11 is 0. The molecule has 0 aromatic heterocycles. The number of carbonyl (C=O) groups excluding carboxylic acids is 3. The second-order valence-electron chi connectivity index (χ2n) is 21.7. The summed E-state index contributed by atoms with van der Waals surface area (Å²) in [4.78, 5) is 38.3. The molecule has 6 heteroatoms. The molecule has 0 fully saturated rings. The zero-order chi connectivity index (χ0) is 51.4. The highest BCUT2D eigenvalue weighted by Gasteiger charge is 2.19. The predicted octanol–water partition coefficient (Wildman–Crippen LogP) is 21.4. The van der Waals surface area contributed by atoms with E-state index in [1.54, 1.807) is 0 Å². The normalized spacial score (nSPS) is 12.1. The summed E-state index contributed by atoms with van der Waals surface area (Å²) in [6.45, 7) is 6.69. The third-order valence-corrected chi connectivity index (χ3v) is 14.4. The van der Waals surface area contributed by atoms with Gasteiger partial charge >= 0.3 is 17.9 Å². The summed E-state index contributed by atoms with van der Waals surface area (Å²) < 4.78 is 16.9. The maximum Gasteiger partial charge on any atom is 0.306 e. The number of rotatable bonds is 59. The molecule has 0 aliphatic rings. The van der Waals surface area contributed by atoms with Crippen LogP contribution in [0.15, 0.2) is 24.3 Å². The highest BCUT2D eigenvalue weighted by Crippen LogP contribution is 2.17. The van der Waals surface area contributed by atoms with E-state index in [0.29, 0.717) is 19.3 Å². The summed E-state index contributed by atoms with van der Waals surface area (Å²) in [5.41, 5.74) is 0. The van der Waals surface area contributed by atoms with Crippen LogP contribution in [0.2, 0.25) is 0 Å². The molecular weight excluding hydrogens is 877 g/mol. The van der Waals surface area contributed by atoms with Crippen LogP contribution >= 0.6 is 0 Å². The quantitative estimate of drug-likeness (QED) is 0.0261. The van der Waals surface area contributed by atoms with Gasteiger partial charge in [-0.25, -0.2) is 0 Å². The Morgan fingerprint density at radius 2 is 0.465 bits per heavy atom. The van der Waals surface area contributed by atoms with Crippen LogP contribution in [0.25, 0.3) is 0 Å². The maximum absolute atomic E-state index is 12.9. The molecule has 0 saturated heterocycles. The first kappa shape index (κ1) is 68.9. The van der Waals surface area contributed by atoms with Crippen LogP contribution in [0.5, 0.6) is 0 Å². The molecule has 0 radical (unpaired) electrons. The van der Waals surface area contributed by atoms with E-state index in [-0.39, 0.29) is 31.1 Å². The molecule has 0 aromatic carbocycles. The molecule has 0 aromatic rings. The third kappa shape index (κ3) is 58.7. The largest absolute Gasteiger partial charge is 0.462 e. The Morgan fingerprint density at radius 3 is 0.704 bits per heavy atom. The standard InChI is InChI=1S/C65H122O6/c1-4-7-10-13-16-19-22-25-28-30-31-32-33-35-38-41-44-47-50-53-56-59-65(68)71-62(60-69-63(66)57-54-51-48-45-42-39-36-27-24-21-18-15-12-9-6-3)61-70-64(67)58-55-52-49-46-43-40-37-34-29-26-23-20-17-14-11-8-5-2/h25-26,28-29,62H,4-24,27,30-61H2,1-3H3/b28-25-,29-26-/t62-/m0/s1. The maximum atomic E-state index is 12.9. The molecule has 418 valence electrons. The lowest BCUT2D eigenvalue weighted by molar-refractivity contribution is -0.167. The molecule has 6 nitrogen and oxygen atoms in total. The fourth-order valence-electron chi connectivity index (χ4n) is 9.61. The molecular formula is C65H122O6. The molecule has 1 atom stereocenters. The predicted molar refractivity (Wildman–Crippen MR) is 307 cm³/mol. The monoisotopic (exact) mass is 999 g/mol.